The van der Waals surface area contributed by atoms with Crippen LogP contribution < -0.4 is 15.9 Å². The summed E-state index contributed by atoms with van der Waals surface area (Å²) < 4.78 is 11.6. The molecule has 4 heteroatoms. The maximum Gasteiger partial charge on any atom is 0.311 e. The summed E-state index contributed by atoms with van der Waals surface area (Å²) in [6.07, 6.45) is -0.113. The number of ether oxygens (including phenoxy) is 2. The number of carbonyl (C=O) groups is 1. The Morgan fingerprint density at radius 2 is 1.21 bits per heavy atom. The molecule has 29 heavy (non-hydrogen) atoms. The molecular weight excluding hydrogens is 379 g/mol. The molecule has 1 saturated heterocycles. The maximum atomic E-state index is 12.3. The Morgan fingerprint density at radius 3 is 1.59 bits per heavy atom. The molecule has 0 radical (unpaired) electrons. The Balaban J connectivity index is 2.02. The third-order valence-corrected chi connectivity index (χ3v) is 9.16. The highest BCUT2D eigenvalue weighted by molar-refractivity contribution is 7.94. The molecule has 1 heterocycles. The van der Waals surface area contributed by atoms with Crippen molar-refractivity contribution in [2.45, 2.75) is 32.2 Å². The van der Waals surface area contributed by atoms with Crippen molar-refractivity contribution in [3.63, 3.8) is 0 Å². The molecule has 0 amide bonds. The summed E-state index contributed by atoms with van der Waals surface area (Å²) in [5, 5.41) is 3.70. The molecule has 1 aliphatic heterocycles. The van der Waals surface area contributed by atoms with E-state index in [1.165, 1.54) is 15.9 Å². The topological polar surface area (TPSA) is 35.5 Å². The van der Waals surface area contributed by atoms with Crippen molar-refractivity contribution in [3.8, 4) is 0 Å². The quantitative estimate of drug-likeness (QED) is 0.490. The molecule has 1 aliphatic rings. The second kappa shape index (κ2) is 8.02. The molecule has 0 N–H and O–H groups in total. The van der Waals surface area contributed by atoms with Crippen LogP contribution in [0.25, 0.3) is 0 Å². The third kappa shape index (κ3) is 4.07. The summed E-state index contributed by atoms with van der Waals surface area (Å²) in [5.74, 6) is 1.11. The van der Waals surface area contributed by atoms with E-state index in [1.807, 2.05) is 18.2 Å². The van der Waals surface area contributed by atoms with Crippen molar-refractivity contribution in [3.05, 3.63) is 91.0 Å². The van der Waals surface area contributed by atoms with Gasteiger partial charge in [0.15, 0.2) is 0 Å². The second-order valence-corrected chi connectivity index (χ2v) is 10.9. The van der Waals surface area contributed by atoms with E-state index >= 15 is 0 Å². The van der Waals surface area contributed by atoms with E-state index in [9.17, 15) is 4.79 Å². The first-order valence-corrected chi connectivity index (χ1v) is 11.7. The minimum absolute atomic E-state index is 0.220. The van der Waals surface area contributed by atoms with Crippen LogP contribution in [-0.4, -0.2) is 23.7 Å². The molecule has 0 saturated carbocycles. The lowest BCUT2D eigenvalue weighted by molar-refractivity contribution is -0.245. The lowest BCUT2D eigenvalue weighted by Gasteiger charge is -2.37. The largest absolute Gasteiger partial charge is 0.434 e. The van der Waals surface area contributed by atoms with Gasteiger partial charge >= 0.3 is 5.97 Å². The van der Waals surface area contributed by atoms with Crippen molar-refractivity contribution < 1.29 is 14.3 Å². The Morgan fingerprint density at radius 1 is 0.793 bits per heavy atom. The van der Waals surface area contributed by atoms with Crippen molar-refractivity contribution in [2.24, 2.45) is 0 Å². The molecule has 0 aromatic heterocycles. The van der Waals surface area contributed by atoms with Crippen LogP contribution in [0.5, 0.6) is 0 Å². The fourth-order valence-corrected chi connectivity index (χ4v) is 7.94. The number of cyclic esters (lactones) is 1. The molecule has 3 aromatic rings. The van der Waals surface area contributed by atoms with Gasteiger partial charge in [-0.1, -0.05) is 91.0 Å². The smallest absolute Gasteiger partial charge is 0.311 e. The normalized spacial score (nSPS) is 18.7. The van der Waals surface area contributed by atoms with Crippen LogP contribution in [0.3, 0.4) is 0 Å². The molecule has 1 atom stereocenters. The van der Waals surface area contributed by atoms with Gasteiger partial charge in [-0.05, 0) is 28.6 Å². The van der Waals surface area contributed by atoms with Crippen molar-refractivity contribution >= 4 is 34.6 Å². The first-order chi connectivity index (χ1) is 14.0. The van der Waals surface area contributed by atoms with Gasteiger partial charge in [-0.15, -0.1) is 0 Å². The molecule has 1 unspecified atom stereocenters. The zero-order valence-corrected chi connectivity index (χ0v) is 17.6. The maximum absolute atomic E-state index is 12.3. The molecule has 3 aromatic carbocycles. The number of esters is 1. The van der Waals surface area contributed by atoms with Gasteiger partial charge in [0.25, 0.3) is 0 Å². The van der Waals surface area contributed by atoms with E-state index in [1.54, 1.807) is 13.8 Å². The minimum Gasteiger partial charge on any atom is -0.434 e. The summed E-state index contributed by atoms with van der Waals surface area (Å²) in [4.78, 5) is 12.3. The summed E-state index contributed by atoms with van der Waals surface area (Å²) in [5.41, 5.74) is 0. The summed E-state index contributed by atoms with van der Waals surface area (Å²) in [6, 6.07) is 31.6. The van der Waals surface area contributed by atoms with Gasteiger partial charge in [0.05, 0.1) is 12.5 Å². The lowest BCUT2D eigenvalue weighted by Crippen LogP contribution is -2.44. The third-order valence-electron chi connectivity index (χ3n) is 5.04. The molecule has 1 fully saturated rings. The van der Waals surface area contributed by atoms with Crippen molar-refractivity contribution in [1.29, 1.82) is 0 Å². The summed E-state index contributed by atoms with van der Waals surface area (Å²) in [7, 11) is 0. The van der Waals surface area contributed by atoms with Crippen LogP contribution in [0.4, 0.5) is 0 Å². The lowest BCUT2D eigenvalue weighted by atomic mass is 10.2. The first kappa shape index (κ1) is 19.7. The van der Waals surface area contributed by atoms with Crippen LogP contribution in [0, 0.1) is 0 Å². The highest BCUT2D eigenvalue weighted by Crippen LogP contribution is 2.45. The zero-order chi connectivity index (χ0) is 20.3. The predicted octanol–water partition coefficient (Wildman–Crippen LogP) is 3.85. The van der Waals surface area contributed by atoms with Crippen LogP contribution in [0.2, 0.25) is 0 Å². The van der Waals surface area contributed by atoms with Crippen LogP contribution in [0.15, 0.2) is 91.0 Å². The fraction of sp³-hybridized carbons (Fsp3) is 0.200. The summed E-state index contributed by atoms with van der Waals surface area (Å²) in [6.45, 7) is 1.42. The number of hydrogen-bond acceptors (Lipinski definition) is 3. The molecular formula is C25H25O3P. The molecule has 148 valence electrons. The van der Waals surface area contributed by atoms with E-state index < -0.39 is 12.7 Å². The molecule has 0 aliphatic carbocycles. The standard InChI is InChI=1S/C25H25O3P/c1-25(2)27-20(18-24(26)28-25)19-29(21-12-6-3-7-13-21,22-14-8-4-9-15-22)23-16-10-5-11-17-23/h3-17,19-20H,18H2,1-2H3. The van der Waals surface area contributed by atoms with Crippen LogP contribution >= 0.6 is 6.89 Å². The monoisotopic (exact) mass is 404 g/mol. The molecule has 0 bridgehead atoms. The number of rotatable bonds is 4. The van der Waals surface area contributed by atoms with Crippen LogP contribution in [0.1, 0.15) is 20.3 Å². The Hall–Kier alpha value is -2.61. The first-order valence-electron chi connectivity index (χ1n) is 9.81. The van der Waals surface area contributed by atoms with Crippen molar-refractivity contribution in [2.75, 3.05) is 0 Å². The predicted molar refractivity (Wildman–Crippen MR) is 121 cm³/mol. The number of carbonyl (C=O) groups excluding carboxylic acids is 1. The number of hydrogen-bond donors (Lipinski definition) is 0. The summed E-state index contributed by atoms with van der Waals surface area (Å²) >= 11 is 0. The minimum atomic E-state index is -2.16. The Kier molecular flexibility index (Phi) is 5.45. The van der Waals surface area contributed by atoms with E-state index in [4.69, 9.17) is 9.47 Å². The fourth-order valence-electron chi connectivity index (χ4n) is 3.94. The Bertz CT molecular complexity index is 924. The zero-order valence-electron chi connectivity index (χ0n) is 16.7. The van der Waals surface area contributed by atoms with Gasteiger partial charge in [0.2, 0.25) is 5.79 Å². The highest BCUT2D eigenvalue weighted by atomic mass is 31.2. The van der Waals surface area contributed by atoms with E-state index in [0.717, 1.165) is 0 Å². The van der Waals surface area contributed by atoms with Crippen LogP contribution in [-0.2, 0) is 14.3 Å². The van der Waals surface area contributed by atoms with Gasteiger partial charge in [-0.3, -0.25) is 4.79 Å². The average Bonchev–Trinajstić information content (AvgIpc) is 2.72. The van der Waals surface area contributed by atoms with Gasteiger partial charge in [0.1, 0.15) is 0 Å². The molecule has 4 rings (SSSR count). The van der Waals surface area contributed by atoms with E-state index in [-0.39, 0.29) is 18.5 Å². The highest BCUT2D eigenvalue weighted by Gasteiger charge is 2.36. The van der Waals surface area contributed by atoms with Gasteiger partial charge in [0, 0.05) is 13.8 Å². The second-order valence-electron chi connectivity index (χ2n) is 7.61. The van der Waals surface area contributed by atoms with Gasteiger partial charge < -0.3 is 9.47 Å². The van der Waals surface area contributed by atoms with Crippen molar-refractivity contribution in [1.82, 2.24) is 0 Å². The van der Waals surface area contributed by atoms with E-state index in [0.29, 0.717) is 0 Å². The Labute approximate surface area is 172 Å². The average molecular weight is 404 g/mol. The van der Waals surface area contributed by atoms with Gasteiger partial charge in [-0.2, -0.15) is 0 Å². The number of benzene rings is 3. The molecule has 3 nitrogen and oxygen atoms in total. The van der Waals surface area contributed by atoms with E-state index in [2.05, 4.69) is 78.6 Å². The molecule has 0 spiro atoms. The van der Waals surface area contributed by atoms with Gasteiger partial charge in [-0.25, -0.2) is 0 Å². The SMILES string of the molecule is CC1(C)OC(=O)CC(C=P(c2ccccc2)(c2ccccc2)c2ccccc2)O1.